The molecule has 0 spiro atoms. The maximum absolute atomic E-state index is 5.02. The van der Waals surface area contributed by atoms with Crippen molar-refractivity contribution in [3.8, 4) is 5.88 Å². The molecule has 0 saturated carbocycles. The SMILES string of the molecule is COc1cc(NCC=C(C)C)ccn1. The first kappa shape index (κ1) is 10.6. The molecule has 0 aliphatic rings. The van der Waals surface area contributed by atoms with Gasteiger partial charge in [-0.1, -0.05) is 11.6 Å². The number of ether oxygens (including phenoxy) is 1. The second-order valence-electron chi connectivity index (χ2n) is 3.25. The van der Waals surface area contributed by atoms with Crippen LogP contribution < -0.4 is 10.1 Å². The van der Waals surface area contributed by atoms with Gasteiger partial charge in [-0.05, 0) is 19.9 Å². The van der Waals surface area contributed by atoms with Crippen LogP contribution in [-0.2, 0) is 0 Å². The maximum atomic E-state index is 5.02. The molecule has 3 heteroatoms. The molecule has 1 aromatic rings. The fourth-order valence-corrected chi connectivity index (χ4v) is 1.00. The van der Waals surface area contributed by atoms with Gasteiger partial charge in [0.05, 0.1) is 7.11 Å². The lowest BCUT2D eigenvalue weighted by Crippen LogP contribution is -1.99. The highest BCUT2D eigenvalue weighted by Crippen LogP contribution is 2.12. The summed E-state index contributed by atoms with van der Waals surface area (Å²) in [5, 5.41) is 3.25. The van der Waals surface area contributed by atoms with Crippen molar-refractivity contribution in [2.45, 2.75) is 13.8 Å². The van der Waals surface area contributed by atoms with Crippen molar-refractivity contribution in [2.75, 3.05) is 19.0 Å². The van der Waals surface area contributed by atoms with Gasteiger partial charge in [0.2, 0.25) is 5.88 Å². The van der Waals surface area contributed by atoms with Crippen LogP contribution in [0.15, 0.2) is 30.0 Å². The molecule has 0 aliphatic heterocycles. The normalized spacial score (nSPS) is 9.36. The Morgan fingerprint density at radius 2 is 2.36 bits per heavy atom. The monoisotopic (exact) mass is 192 g/mol. The second kappa shape index (κ2) is 5.27. The van der Waals surface area contributed by atoms with Crippen LogP contribution in [0.1, 0.15) is 13.8 Å². The van der Waals surface area contributed by atoms with Crippen LogP contribution in [0.25, 0.3) is 0 Å². The molecule has 0 saturated heterocycles. The van der Waals surface area contributed by atoms with Gasteiger partial charge in [-0.3, -0.25) is 0 Å². The average molecular weight is 192 g/mol. The molecule has 76 valence electrons. The highest BCUT2D eigenvalue weighted by atomic mass is 16.5. The van der Waals surface area contributed by atoms with Gasteiger partial charge in [0.25, 0.3) is 0 Å². The van der Waals surface area contributed by atoms with Crippen molar-refractivity contribution in [1.82, 2.24) is 4.98 Å². The first-order valence-corrected chi connectivity index (χ1v) is 4.59. The third-order valence-electron chi connectivity index (χ3n) is 1.76. The van der Waals surface area contributed by atoms with Gasteiger partial charge in [-0.2, -0.15) is 0 Å². The molecular weight excluding hydrogens is 176 g/mol. The Labute approximate surface area is 84.8 Å². The second-order valence-corrected chi connectivity index (χ2v) is 3.25. The van der Waals surface area contributed by atoms with Crippen molar-refractivity contribution in [2.24, 2.45) is 0 Å². The number of allylic oxidation sites excluding steroid dienone is 1. The highest BCUT2D eigenvalue weighted by molar-refractivity contribution is 5.45. The predicted molar refractivity (Wildman–Crippen MR) is 58.7 cm³/mol. The van der Waals surface area contributed by atoms with Gasteiger partial charge in [-0.15, -0.1) is 0 Å². The maximum Gasteiger partial charge on any atom is 0.214 e. The number of nitrogens with one attached hydrogen (secondary N) is 1. The molecule has 0 aliphatic carbocycles. The topological polar surface area (TPSA) is 34.1 Å². The van der Waals surface area contributed by atoms with Gasteiger partial charge >= 0.3 is 0 Å². The third kappa shape index (κ3) is 3.47. The van der Waals surface area contributed by atoms with E-state index in [4.69, 9.17) is 4.74 Å². The van der Waals surface area contributed by atoms with Gasteiger partial charge in [0, 0.05) is 24.5 Å². The minimum Gasteiger partial charge on any atom is -0.481 e. The fourth-order valence-electron chi connectivity index (χ4n) is 1.00. The molecule has 0 bridgehead atoms. The van der Waals surface area contributed by atoms with Crippen LogP contribution in [0.5, 0.6) is 5.88 Å². The Hall–Kier alpha value is -1.51. The van der Waals surface area contributed by atoms with Crippen molar-refractivity contribution in [1.29, 1.82) is 0 Å². The van der Waals surface area contributed by atoms with E-state index in [2.05, 4.69) is 30.2 Å². The number of nitrogens with zero attached hydrogens (tertiary/aromatic N) is 1. The van der Waals surface area contributed by atoms with E-state index in [1.54, 1.807) is 13.3 Å². The molecule has 1 rings (SSSR count). The number of pyridine rings is 1. The van der Waals surface area contributed by atoms with Crippen LogP contribution in [0.3, 0.4) is 0 Å². The van der Waals surface area contributed by atoms with E-state index in [-0.39, 0.29) is 0 Å². The first-order valence-electron chi connectivity index (χ1n) is 4.59. The zero-order valence-electron chi connectivity index (χ0n) is 8.87. The Balaban J connectivity index is 2.54. The molecule has 1 heterocycles. The summed E-state index contributed by atoms with van der Waals surface area (Å²) in [5.41, 5.74) is 2.33. The molecule has 1 N–H and O–H groups in total. The van der Waals surface area contributed by atoms with Crippen LogP contribution in [0, 0.1) is 0 Å². The van der Waals surface area contributed by atoms with Crippen LogP contribution in [0.2, 0.25) is 0 Å². The standard InChI is InChI=1S/C11H16N2O/c1-9(2)4-6-12-10-5-7-13-11(8-10)14-3/h4-5,7-8H,6H2,1-3H3,(H,12,13). The van der Waals surface area contributed by atoms with Gasteiger partial charge in [0.1, 0.15) is 0 Å². The molecule has 14 heavy (non-hydrogen) atoms. The number of hydrogen-bond donors (Lipinski definition) is 1. The van der Waals surface area contributed by atoms with Crippen LogP contribution in [0.4, 0.5) is 5.69 Å². The van der Waals surface area contributed by atoms with Crippen molar-refractivity contribution in [3.63, 3.8) is 0 Å². The smallest absolute Gasteiger partial charge is 0.214 e. The lowest BCUT2D eigenvalue weighted by atomic mass is 10.3. The lowest BCUT2D eigenvalue weighted by molar-refractivity contribution is 0.398. The van der Waals surface area contributed by atoms with Crippen molar-refractivity contribution in [3.05, 3.63) is 30.0 Å². The summed E-state index contributed by atoms with van der Waals surface area (Å²) >= 11 is 0. The van der Waals surface area contributed by atoms with Gasteiger partial charge < -0.3 is 10.1 Å². The summed E-state index contributed by atoms with van der Waals surface area (Å²) in [6, 6.07) is 3.79. The summed E-state index contributed by atoms with van der Waals surface area (Å²) in [5.74, 6) is 0.632. The van der Waals surface area contributed by atoms with E-state index in [1.165, 1.54) is 5.57 Å². The quantitative estimate of drug-likeness (QED) is 0.744. The first-order chi connectivity index (χ1) is 6.72. The summed E-state index contributed by atoms with van der Waals surface area (Å²) < 4.78 is 5.02. The zero-order chi connectivity index (χ0) is 10.4. The van der Waals surface area contributed by atoms with E-state index in [0.717, 1.165) is 12.2 Å². The number of aromatic nitrogens is 1. The Kier molecular flexibility index (Phi) is 3.98. The minimum absolute atomic E-state index is 0.632. The fraction of sp³-hybridized carbons (Fsp3) is 0.364. The molecule has 1 aromatic heterocycles. The molecule has 3 nitrogen and oxygen atoms in total. The minimum atomic E-state index is 0.632. The van der Waals surface area contributed by atoms with Crippen LogP contribution in [-0.4, -0.2) is 18.6 Å². The van der Waals surface area contributed by atoms with E-state index in [0.29, 0.717) is 5.88 Å². The summed E-state index contributed by atoms with van der Waals surface area (Å²) in [4.78, 5) is 4.02. The van der Waals surface area contributed by atoms with Crippen molar-refractivity contribution < 1.29 is 4.74 Å². The van der Waals surface area contributed by atoms with E-state index >= 15 is 0 Å². The van der Waals surface area contributed by atoms with Crippen LogP contribution >= 0.6 is 0 Å². The Bertz CT molecular complexity index is 317. The summed E-state index contributed by atoms with van der Waals surface area (Å²) in [7, 11) is 1.61. The Morgan fingerprint density at radius 1 is 1.57 bits per heavy atom. The van der Waals surface area contributed by atoms with Gasteiger partial charge in [-0.25, -0.2) is 4.98 Å². The predicted octanol–water partition coefficient (Wildman–Crippen LogP) is 2.47. The number of anilines is 1. The molecular formula is C11H16N2O. The summed E-state index contributed by atoms with van der Waals surface area (Å²) in [6.07, 6.45) is 3.86. The molecule has 0 amide bonds. The largest absolute Gasteiger partial charge is 0.481 e. The summed E-state index contributed by atoms with van der Waals surface area (Å²) in [6.45, 7) is 4.99. The lowest BCUT2D eigenvalue weighted by Gasteiger charge is -2.04. The van der Waals surface area contributed by atoms with E-state index in [1.807, 2.05) is 12.1 Å². The molecule has 0 fully saturated rings. The number of hydrogen-bond acceptors (Lipinski definition) is 3. The van der Waals surface area contributed by atoms with E-state index in [9.17, 15) is 0 Å². The molecule has 0 atom stereocenters. The van der Waals surface area contributed by atoms with Gasteiger partial charge in [0.15, 0.2) is 0 Å². The zero-order valence-corrected chi connectivity index (χ0v) is 8.87. The van der Waals surface area contributed by atoms with E-state index < -0.39 is 0 Å². The Morgan fingerprint density at radius 3 is 3.00 bits per heavy atom. The highest BCUT2D eigenvalue weighted by Gasteiger charge is 1.94. The molecule has 0 radical (unpaired) electrons. The molecule has 0 aromatic carbocycles. The molecule has 0 unspecified atom stereocenters. The number of rotatable bonds is 4. The number of methoxy groups -OCH3 is 1. The average Bonchev–Trinajstić information content (AvgIpc) is 2.18. The van der Waals surface area contributed by atoms with Crippen molar-refractivity contribution >= 4 is 5.69 Å². The third-order valence-corrected chi connectivity index (χ3v) is 1.76.